The lowest BCUT2D eigenvalue weighted by atomic mass is 10.1. The molecule has 0 fully saturated rings. The zero-order valence-corrected chi connectivity index (χ0v) is 8.88. The molecule has 0 aliphatic heterocycles. The van der Waals surface area contributed by atoms with Gasteiger partial charge >= 0.3 is 6.18 Å². The van der Waals surface area contributed by atoms with E-state index in [-0.39, 0.29) is 22.3 Å². The van der Waals surface area contributed by atoms with Crippen LogP contribution in [0.15, 0.2) is 22.9 Å². The van der Waals surface area contributed by atoms with Crippen LogP contribution in [0.25, 0.3) is 11.3 Å². The Kier molecular flexibility index (Phi) is 2.70. The molecule has 2 rings (SSSR count). The molecule has 0 atom stereocenters. The number of nitrogen functional groups attached to an aromatic ring is 1. The molecule has 2 aromatic heterocycles. The van der Waals surface area contributed by atoms with Crippen LogP contribution in [-0.4, -0.2) is 10.1 Å². The van der Waals surface area contributed by atoms with Gasteiger partial charge in [-0.25, -0.2) is 4.98 Å². The number of alkyl halides is 3. The lowest BCUT2D eigenvalue weighted by Gasteiger charge is -2.07. The van der Waals surface area contributed by atoms with Crippen LogP contribution in [0, 0.1) is 0 Å². The van der Waals surface area contributed by atoms with Crippen LogP contribution < -0.4 is 5.73 Å². The van der Waals surface area contributed by atoms with Gasteiger partial charge in [-0.05, 0) is 6.07 Å². The van der Waals surface area contributed by atoms with Crippen molar-refractivity contribution < 1.29 is 17.7 Å². The van der Waals surface area contributed by atoms with Gasteiger partial charge in [0.1, 0.15) is 10.8 Å². The van der Waals surface area contributed by atoms with E-state index < -0.39 is 11.7 Å². The molecule has 0 aliphatic carbocycles. The van der Waals surface area contributed by atoms with E-state index in [0.29, 0.717) is 6.20 Å². The van der Waals surface area contributed by atoms with Crippen LogP contribution >= 0.6 is 11.6 Å². The van der Waals surface area contributed by atoms with Gasteiger partial charge < -0.3 is 10.3 Å². The number of nitrogens with zero attached hydrogens (tertiary/aromatic N) is 2. The second-order valence-electron chi connectivity index (χ2n) is 3.17. The van der Waals surface area contributed by atoms with Crippen LogP contribution in [0.3, 0.4) is 0 Å². The maximum atomic E-state index is 12.5. The van der Waals surface area contributed by atoms with E-state index in [2.05, 4.69) is 14.7 Å². The third-order valence-electron chi connectivity index (χ3n) is 1.97. The van der Waals surface area contributed by atoms with E-state index in [1.807, 2.05) is 0 Å². The number of hydrogen-bond donors (Lipinski definition) is 1. The number of aromatic nitrogens is 2. The molecule has 2 heterocycles. The summed E-state index contributed by atoms with van der Waals surface area (Å²) in [7, 11) is 0. The third-order valence-corrected chi connectivity index (χ3v) is 2.27. The molecular formula is C9H5ClF3N3O. The first-order chi connectivity index (χ1) is 7.88. The first-order valence-corrected chi connectivity index (χ1v) is 4.71. The second kappa shape index (κ2) is 3.92. The standard InChI is InChI=1S/C9H5ClF3N3O/c10-8-5(6-2-7(14)17-16-6)1-4(3-15-8)9(11,12)13/h1-3H,14H2. The number of rotatable bonds is 1. The van der Waals surface area contributed by atoms with Gasteiger partial charge in [-0.1, -0.05) is 16.8 Å². The average Bonchev–Trinajstić information content (AvgIpc) is 2.63. The Morgan fingerprint density at radius 2 is 2.00 bits per heavy atom. The molecule has 2 aromatic rings. The number of nitrogens with two attached hydrogens (primary N) is 1. The molecule has 0 aliphatic rings. The molecule has 0 saturated heterocycles. The third kappa shape index (κ3) is 2.33. The van der Waals surface area contributed by atoms with Gasteiger partial charge in [0, 0.05) is 17.8 Å². The van der Waals surface area contributed by atoms with Crippen molar-refractivity contribution in [1.82, 2.24) is 10.1 Å². The first kappa shape index (κ1) is 11.7. The van der Waals surface area contributed by atoms with E-state index >= 15 is 0 Å². The van der Waals surface area contributed by atoms with Crippen molar-refractivity contribution in [2.75, 3.05) is 5.73 Å². The summed E-state index contributed by atoms with van der Waals surface area (Å²) in [6, 6.07) is 2.11. The number of anilines is 1. The highest BCUT2D eigenvalue weighted by molar-refractivity contribution is 6.32. The molecule has 0 spiro atoms. The zero-order chi connectivity index (χ0) is 12.6. The molecular weight excluding hydrogens is 259 g/mol. The Balaban J connectivity index is 2.54. The van der Waals surface area contributed by atoms with Crippen molar-refractivity contribution >= 4 is 17.5 Å². The maximum absolute atomic E-state index is 12.5. The van der Waals surface area contributed by atoms with E-state index in [0.717, 1.165) is 6.07 Å². The summed E-state index contributed by atoms with van der Waals surface area (Å²) in [4.78, 5) is 3.45. The van der Waals surface area contributed by atoms with Gasteiger partial charge in [-0.3, -0.25) is 0 Å². The number of hydrogen-bond acceptors (Lipinski definition) is 4. The van der Waals surface area contributed by atoms with Crippen molar-refractivity contribution in [3.8, 4) is 11.3 Å². The second-order valence-corrected chi connectivity index (χ2v) is 3.53. The topological polar surface area (TPSA) is 64.9 Å². The lowest BCUT2D eigenvalue weighted by molar-refractivity contribution is -0.137. The van der Waals surface area contributed by atoms with Crippen LogP contribution in [0.1, 0.15) is 5.56 Å². The highest BCUT2D eigenvalue weighted by Gasteiger charge is 2.32. The molecule has 0 unspecified atom stereocenters. The van der Waals surface area contributed by atoms with Crippen LogP contribution in [0.2, 0.25) is 5.15 Å². The fraction of sp³-hybridized carbons (Fsp3) is 0.111. The fourth-order valence-corrected chi connectivity index (χ4v) is 1.40. The summed E-state index contributed by atoms with van der Waals surface area (Å²) >= 11 is 5.69. The van der Waals surface area contributed by atoms with Gasteiger partial charge in [-0.15, -0.1) is 0 Å². The van der Waals surface area contributed by atoms with Crippen LogP contribution in [-0.2, 0) is 6.18 Å². The molecule has 0 saturated carbocycles. The van der Waals surface area contributed by atoms with Gasteiger partial charge in [0.15, 0.2) is 0 Å². The number of pyridine rings is 1. The summed E-state index contributed by atoms with van der Waals surface area (Å²) in [5.74, 6) is -0.0199. The molecule has 0 radical (unpaired) electrons. The Bertz CT molecular complexity index is 553. The maximum Gasteiger partial charge on any atom is 0.417 e. The fourth-order valence-electron chi connectivity index (χ4n) is 1.20. The van der Waals surface area contributed by atoms with Crippen LogP contribution in [0.5, 0.6) is 0 Å². The molecule has 4 nitrogen and oxygen atoms in total. The van der Waals surface area contributed by atoms with Crippen molar-refractivity contribution in [1.29, 1.82) is 0 Å². The van der Waals surface area contributed by atoms with Gasteiger partial charge in [0.2, 0.25) is 5.88 Å². The Morgan fingerprint density at radius 1 is 1.29 bits per heavy atom. The Hall–Kier alpha value is -1.76. The smallest absolute Gasteiger partial charge is 0.368 e. The summed E-state index contributed by atoms with van der Waals surface area (Å²) in [5.41, 5.74) is 4.48. The van der Waals surface area contributed by atoms with Crippen molar-refractivity contribution in [2.45, 2.75) is 6.18 Å². The highest BCUT2D eigenvalue weighted by Crippen LogP contribution is 2.34. The van der Waals surface area contributed by atoms with Crippen LogP contribution in [0.4, 0.5) is 19.1 Å². The molecule has 0 aromatic carbocycles. The van der Waals surface area contributed by atoms with Crippen molar-refractivity contribution in [3.05, 3.63) is 29.0 Å². The summed E-state index contributed by atoms with van der Waals surface area (Å²) in [5, 5.41) is 3.37. The predicted molar refractivity (Wildman–Crippen MR) is 54.2 cm³/mol. The lowest BCUT2D eigenvalue weighted by Crippen LogP contribution is -2.05. The Labute approximate surface area is 98.2 Å². The highest BCUT2D eigenvalue weighted by atomic mass is 35.5. The molecule has 90 valence electrons. The van der Waals surface area contributed by atoms with E-state index in [4.69, 9.17) is 17.3 Å². The molecule has 0 bridgehead atoms. The van der Waals surface area contributed by atoms with Gasteiger partial charge in [0.05, 0.1) is 5.56 Å². The largest absolute Gasteiger partial charge is 0.417 e. The Morgan fingerprint density at radius 3 is 2.53 bits per heavy atom. The summed E-state index contributed by atoms with van der Waals surface area (Å²) < 4.78 is 42.0. The predicted octanol–water partition coefficient (Wildman–Crippen LogP) is 2.99. The summed E-state index contributed by atoms with van der Waals surface area (Å²) in [6.07, 6.45) is -3.85. The van der Waals surface area contributed by atoms with Crippen molar-refractivity contribution in [2.24, 2.45) is 0 Å². The normalized spacial score (nSPS) is 11.8. The summed E-state index contributed by atoms with van der Waals surface area (Å²) in [6.45, 7) is 0. The van der Waals surface area contributed by atoms with Crippen molar-refractivity contribution in [3.63, 3.8) is 0 Å². The monoisotopic (exact) mass is 263 g/mol. The minimum atomic E-state index is -4.50. The minimum Gasteiger partial charge on any atom is -0.368 e. The molecule has 8 heteroatoms. The SMILES string of the molecule is Nc1cc(-c2cc(C(F)(F)F)cnc2Cl)no1. The molecule has 2 N–H and O–H groups in total. The van der Waals surface area contributed by atoms with E-state index in [1.165, 1.54) is 6.07 Å². The van der Waals surface area contributed by atoms with E-state index in [1.54, 1.807) is 0 Å². The quantitative estimate of drug-likeness (QED) is 0.803. The molecule has 0 amide bonds. The molecule has 17 heavy (non-hydrogen) atoms. The zero-order valence-electron chi connectivity index (χ0n) is 8.12. The first-order valence-electron chi connectivity index (χ1n) is 4.33. The van der Waals surface area contributed by atoms with E-state index in [9.17, 15) is 13.2 Å². The van der Waals surface area contributed by atoms with Gasteiger partial charge in [-0.2, -0.15) is 13.2 Å². The number of halogens is 4. The average molecular weight is 264 g/mol. The minimum absolute atomic E-state index is 0.0157. The van der Waals surface area contributed by atoms with Gasteiger partial charge in [0.25, 0.3) is 0 Å².